The molecule has 0 radical (unpaired) electrons. The van der Waals surface area contributed by atoms with Gasteiger partial charge in [-0.3, -0.25) is 9.10 Å². The van der Waals surface area contributed by atoms with Crippen LogP contribution in [0.2, 0.25) is 0 Å². The first-order valence-corrected chi connectivity index (χ1v) is 12.4. The molecule has 1 aliphatic rings. The number of nitrogens with zero attached hydrogens (tertiary/aromatic N) is 2. The summed E-state index contributed by atoms with van der Waals surface area (Å²) in [4.78, 5) is 12.8. The number of halogens is 1. The molecule has 0 saturated heterocycles. The lowest BCUT2D eigenvalue weighted by molar-refractivity contribution is -0.119. The normalized spacial score (nSPS) is 15.0. The molecule has 1 aliphatic carbocycles. The van der Waals surface area contributed by atoms with E-state index in [1.165, 1.54) is 31.4 Å². The van der Waals surface area contributed by atoms with Crippen molar-refractivity contribution in [2.45, 2.75) is 49.8 Å². The van der Waals surface area contributed by atoms with Crippen molar-refractivity contribution in [2.24, 2.45) is 5.10 Å². The van der Waals surface area contributed by atoms with Crippen LogP contribution in [0.1, 0.15) is 44.9 Å². The molecule has 0 unspecified atom stereocenters. The summed E-state index contributed by atoms with van der Waals surface area (Å²) in [6.45, 7) is -0.352. The Morgan fingerprint density at radius 3 is 2.17 bits per heavy atom. The van der Waals surface area contributed by atoms with Crippen LogP contribution in [0.4, 0.5) is 5.69 Å². The molecule has 0 aromatic heterocycles. The maximum Gasteiger partial charge on any atom is 0.264 e. The lowest BCUT2D eigenvalue weighted by atomic mass is 9.99. The molecule has 2 aromatic rings. The lowest BCUT2D eigenvalue weighted by Gasteiger charge is -2.24. The molecule has 8 heteroatoms. The first kappa shape index (κ1) is 22.5. The third-order valence-electron chi connectivity index (χ3n) is 5.00. The van der Waals surface area contributed by atoms with E-state index in [0.29, 0.717) is 5.69 Å². The molecule has 1 amide bonds. The minimum atomic E-state index is -3.91. The van der Waals surface area contributed by atoms with E-state index in [1.54, 1.807) is 42.5 Å². The molecule has 6 nitrogen and oxygen atoms in total. The highest BCUT2D eigenvalue weighted by atomic mass is 79.9. The highest BCUT2D eigenvalue weighted by Crippen LogP contribution is 2.25. The topological polar surface area (TPSA) is 78.8 Å². The summed E-state index contributed by atoms with van der Waals surface area (Å²) in [6, 6.07) is 14.9. The van der Waals surface area contributed by atoms with Gasteiger partial charge in [-0.15, -0.1) is 0 Å². The predicted octanol–water partition coefficient (Wildman–Crippen LogP) is 4.86. The van der Waals surface area contributed by atoms with E-state index < -0.39 is 15.9 Å². The van der Waals surface area contributed by atoms with Crippen LogP contribution in [0.5, 0.6) is 0 Å². The van der Waals surface area contributed by atoms with Crippen LogP contribution in [-0.4, -0.2) is 26.6 Å². The largest absolute Gasteiger partial charge is 0.271 e. The fraction of sp³-hybridized carbons (Fsp3) is 0.364. The zero-order valence-corrected chi connectivity index (χ0v) is 19.2. The molecule has 0 aliphatic heterocycles. The Bertz CT molecular complexity index is 966. The number of benzene rings is 2. The molecular weight excluding hydrogens is 466 g/mol. The highest BCUT2D eigenvalue weighted by Gasteiger charge is 2.27. The zero-order chi connectivity index (χ0) is 21.4. The second kappa shape index (κ2) is 10.7. The van der Waals surface area contributed by atoms with Gasteiger partial charge in [0.2, 0.25) is 0 Å². The number of hydrazone groups is 1. The zero-order valence-electron chi connectivity index (χ0n) is 16.8. The first-order valence-electron chi connectivity index (χ1n) is 10.1. The van der Waals surface area contributed by atoms with E-state index in [-0.39, 0.29) is 11.4 Å². The summed E-state index contributed by atoms with van der Waals surface area (Å²) >= 11 is 3.36. The molecule has 1 saturated carbocycles. The van der Waals surface area contributed by atoms with Crippen molar-refractivity contribution < 1.29 is 13.2 Å². The van der Waals surface area contributed by atoms with Crippen LogP contribution in [0.15, 0.2) is 69.1 Å². The maximum atomic E-state index is 13.2. The Kier molecular flexibility index (Phi) is 8.04. The van der Waals surface area contributed by atoms with Crippen LogP contribution < -0.4 is 9.73 Å². The first-order chi connectivity index (χ1) is 14.5. The summed E-state index contributed by atoms with van der Waals surface area (Å²) < 4.78 is 28.4. The number of hydrogen-bond donors (Lipinski definition) is 1. The van der Waals surface area contributed by atoms with Crippen LogP contribution in [0, 0.1) is 0 Å². The van der Waals surface area contributed by atoms with Gasteiger partial charge in [-0.1, -0.05) is 53.4 Å². The summed E-state index contributed by atoms with van der Waals surface area (Å²) in [5.74, 6) is -0.466. The van der Waals surface area contributed by atoms with Crippen molar-refractivity contribution >= 4 is 43.3 Å². The maximum absolute atomic E-state index is 13.2. The van der Waals surface area contributed by atoms with Crippen LogP contribution in [0.3, 0.4) is 0 Å². The van der Waals surface area contributed by atoms with E-state index in [1.807, 2.05) is 0 Å². The average Bonchev–Trinajstić information content (AvgIpc) is 2.72. The van der Waals surface area contributed by atoms with Gasteiger partial charge in [0.1, 0.15) is 6.54 Å². The Morgan fingerprint density at radius 1 is 0.933 bits per heavy atom. The number of rotatable bonds is 6. The fourth-order valence-corrected chi connectivity index (χ4v) is 5.08. The van der Waals surface area contributed by atoms with Gasteiger partial charge in [-0.05, 0) is 62.1 Å². The van der Waals surface area contributed by atoms with Crippen molar-refractivity contribution in [3.8, 4) is 0 Å². The Morgan fingerprint density at radius 2 is 1.53 bits per heavy atom. The third kappa shape index (κ3) is 6.15. The minimum Gasteiger partial charge on any atom is -0.271 e. The van der Waals surface area contributed by atoms with Crippen molar-refractivity contribution in [2.75, 3.05) is 10.8 Å². The molecular formula is C22H26BrN3O3S. The Labute approximate surface area is 186 Å². The van der Waals surface area contributed by atoms with E-state index in [0.717, 1.165) is 40.2 Å². The number of anilines is 1. The summed E-state index contributed by atoms with van der Waals surface area (Å²) in [7, 11) is -3.91. The monoisotopic (exact) mass is 491 g/mol. The van der Waals surface area contributed by atoms with Gasteiger partial charge < -0.3 is 0 Å². The number of nitrogens with one attached hydrogen (secondary N) is 1. The minimum absolute atomic E-state index is 0.132. The van der Waals surface area contributed by atoms with E-state index in [9.17, 15) is 13.2 Å². The van der Waals surface area contributed by atoms with Crippen molar-refractivity contribution in [3.05, 3.63) is 59.1 Å². The number of carbonyl (C=O) groups excluding carboxylic acids is 1. The lowest BCUT2D eigenvalue weighted by Crippen LogP contribution is -2.39. The number of carbonyl (C=O) groups is 1. The van der Waals surface area contributed by atoms with Gasteiger partial charge in [0.25, 0.3) is 15.9 Å². The molecule has 0 atom stereocenters. The Balaban J connectivity index is 1.80. The Hall–Kier alpha value is -2.19. The molecule has 30 heavy (non-hydrogen) atoms. The van der Waals surface area contributed by atoms with Gasteiger partial charge in [0, 0.05) is 10.2 Å². The molecule has 1 N–H and O–H groups in total. The molecule has 0 bridgehead atoms. The second-order valence-electron chi connectivity index (χ2n) is 7.28. The number of amides is 1. The summed E-state index contributed by atoms with van der Waals surface area (Å²) in [5.41, 5.74) is 3.96. The van der Waals surface area contributed by atoms with Gasteiger partial charge in [-0.2, -0.15) is 5.10 Å². The van der Waals surface area contributed by atoms with Gasteiger partial charge >= 0.3 is 0 Å². The van der Waals surface area contributed by atoms with Crippen LogP contribution in [-0.2, 0) is 14.8 Å². The molecule has 160 valence electrons. The second-order valence-corrected chi connectivity index (χ2v) is 10.1. The van der Waals surface area contributed by atoms with Gasteiger partial charge in [0.05, 0.1) is 10.6 Å². The van der Waals surface area contributed by atoms with Crippen LogP contribution in [0.25, 0.3) is 0 Å². The molecule has 0 heterocycles. The smallest absolute Gasteiger partial charge is 0.264 e. The van der Waals surface area contributed by atoms with E-state index >= 15 is 0 Å². The highest BCUT2D eigenvalue weighted by molar-refractivity contribution is 9.10. The SMILES string of the molecule is O=C(CN(c1ccc(Br)cc1)S(=O)(=O)c1ccccc1)NN=C1CCCCCCC1. The average molecular weight is 492 g/mol. The van der Waals surface area contributed by atoms with Crippen molar-refractivity contribution in [3.63, 3.8) is 0 Å². The standard InChI is InChI=1S/C22H26BrN3O3S/c23-18-13-15-20(16-14-18)26(30(28,29)21-11-7-4-8-12-21)17-22(27)25-24-19-9-5-2-1-3-6-10-19/h4,7-8,11-16H,1-3,5-6,9-10,17H2,(H,25,27). The van der Waals surface area contributed by atoms with Gasteiger partial charge in [0.15, 0.2) is 0 Å². The summed E-state index contributed by atoms with van der Waals surface area (Å²) in [6.07, 6.45) is 7.50. The fourth-order valence-electron chi connectivity index (χ4n) is 3.37. The van der Waals surface area contributed by atoms with Gasteiger partial charge in [-0.25, -0.2) is 13.8 Å². The third-order valence-corrected chi connectivity index (χ3v) is 7.32. The van der Waals surface area contributed by atoms with E-state index in [4.69, 9.17) is 0 Å². The van der Waals surface area contributed by atoms with Crippen molar-refractivity contribution in [1.82, 2.24) is 5.43 Å². The molecule has 1 fully saturated rings. The van der Waals surface area contributed by atoms with Crippen LogP contribution >= 0.6 is 15.9 Å². The van der Waals surface area contributed by atoms with Crippen molar-refractivity contribution in [1.29, 1.82) is 0 Å². The predicted molar refractivity (Wildman–Crippen MR) is 123 cm³/mol. The number of sulfonamides is 1. The molecule has 3 rings (SSSR count). The number of hydrogen-bond acceptors (Lipinski definition) is 4. The molecule has 0 spiro atoms. The molecule has 2 aromatic carbocycles. The van der Waals surface area contributed by atoms with E-state index in [2.05, 4.69) is 26.5 Å². The quantitative estimate of drug-likeness (QED) is 0.585. The summed E-state index contributed by atoms with van der Waals surface area (Å²) in [5, 5.41) is 4.29.